The first-order valence-corrected chi connectivity index (χ1v) is 34.4. The summed E-state index contributed by atoms with van der Waals surface area (Å²) in [6.07, 6.45) is 37.8. The topological polar surface area (TPSA) is 12.5 Å². The van der Waals surface area contributed by atoms with Crippen molar-refractivity contribution in [3.05, 3.63) is 287 Å². The Balaban J connectivity index is 0.736. The molecule has 466 valence electrons. The van der Waals surface area contributed by atoms with Gasteiger partial charge in [-0.05, 0) is 194 Å². The van der Waals surface area contributed by atoms with Crippen LogP contribution in [-0.2, 0) is 21.7 Å². The van der Waals surface area contributed by atoms with Crippen molar-refractivity contribution in [1.29, 1.82) is 0 Å². The summed E-state index contributed by atoms with van der Waals surface area (Å²) in [6, 6.07) is 53.6. The van der Waals surface area contributed by atoms with Crippen LogP contribution in [0.3, 0.4) is 0 Å². The largest absolute Gasteiger partial charge is 0.344 e. The van der Waals surface area contributed by atoms with Crippen LogP contribution in [0.1, 0.15) is 130 Å². The molecule has 12 rings (SSSR count). The van der Waals surface area contributed by atoms with E-state index >= 15 is 0 Å². The van der Waals surface area contributed by atoms with E-state index in [1.54, 1.807) is 11.1 Å². The molecule has 0 fully saturated rings. The van der Waals surface area contributed by atoms with E-state index in [0.717, 1.165) is 75.9 Å². The molecule has 0 amide bonds. The molecule has 8 aromatic rings. The number of nitrogens with zero attached hydrogens (tertiary/aromatic N) is 4. The molecule has 6 heteroatoms. The molecule has 0 spiro atoms. The van der Waals surface area contributed by atoms with Gasteiger partial charge in [-0.15, -0.1) is 0 Å². The van der Waals surface area contributed by atoms with Crippen molar-refractivity contribution in [2.24, 2.45) is 0 Å². The van der Waals surface area contributed by atoms with Crippen LogP contribution in [0.5, 0.6) is 0 Å². The fourth-order valence-corrected chi connectivity index (χ4v) is 16.1. The van der Waals surface area contributed by atoms with Gasteiger partial charge < -0.3 is 9.80 Å². The summed E-state index contributed by atoms with van der Waals surface area (Å²) in [4.78, 5) is 4.98. The number of likely N-dealkylation sites (N-methyl/N-ethyl adjacent to an activating group) is 2. The Morgan fingerprint density at radius 1 is 0.402 bits per heavy atom. The van der Waals surface area contributed by atoms with Gasteiger partial charge >= 0.3 is 0 Å². The average Bonchev–Trinajstić information content (AvgIpc) is 1.60. The molecule has 0 unspecified atom stereocenters. The van der Waals surface area contributed by atoms with Crippen molar-refractivity contribution in [3.8, 4) is 0 Å². The zero-order chi connectivity index (χ0) is 64.4. The van der Waals surface area contributed by atoms with Gasteiger partial charge in [0.15, 0.2) is 24.5 Å². The Bertz CT molecular complexity index is 4280. The fraction of sp³-hybridized carbons (Fsp3) is 0.279. The Morgan fingerprint density at radius 2 is 0.750 bits per heavy atom. The van der Waals surface area contributed by atoms with Crippen molar-refractivity contribution in [2.45, 2.75) is 129 Å². The molecule has 0 bridgehead atoms. The van der Waals surface area contributed by atoms with Gasteiger partial charge in [0.05, 0.1) is 10.8 Å². The van der Waals surface area contributed by atoms with Crippen LogP contribution in [0.25, 0.3) is 43.1 Å². The highest BCUT2D eigenvalue weighted by atomic mass is 35.5. The first-order chi connectivity index (χ1) is 44.6. The summed E-state index contributed by atoms with van der Waals surface area (Å²) in [5.41, 5.74) is 21.0. The second kappa shape index (κ2) is 26.7. The normalized spacial score (nSPS) is 18.6. The van der Waals surface area contributed by atoms with E-state index in [-0.39, 0.29) is 21.7 Å². The number of allylic oxidation sites excluding steroid dienone is 16. The molecule has 0 radical (unpaired) electrons. The Kier molecular flexibility index (Phi) is 18.6. The lowest BCUT2D eigenvalue weighted by molar-refractivity contribution is -0.425. The fourth-order valence-electron chi connectivity index (χ4n) is 15.8. The highest BCUT2D eigenvalue weighted by Crippen LogP contribution is 2.53. The van der Waals surface area contributed by atoms with E-state index < -0.39 is 0 Å². The first-order valence-electron chi connectivity index (χ1n) is 33.5. The summed E-state index contributed by atoms with van der Waals surface area (Å²) in [5, 5.41) is 10.4. The third-order valence-corrected chi connectivity index (χ3v) is 20.8. The summed E-state index contributed by atoms with van der Waals surface area (Å²) >= 11 is 13.3. The van der Waals surface area contributed by atoms with Crippen molar-refractivity contribution in [3.63, 3.8) is 0 Å². The summed E-state index contributed by atoms with van der Waals surface area (Å²) in [5.74, 6) is 0. The lowest BCUT2D eigenvalue weighted by Crippen LogP contribution is -2.28. The van der Waals surface area contributed by atoms with E-state index in [1.165, 1.54) is 111 Å². The second-order valence-corrected chi connectivity index (χ2v) is 27.8. The van der Waals surface area contributed by atoms with Gasteiger partial charge in [0.25, 0.3) is 0 Å². The molecular weight excluding hydrogens is 1160 g/mol. The first kappa shape index (κ1) is 63.9. The number of anilines is 2. The number of halogens is 2. The molecule has 0 aliphatic carbocycles. The molecule has 4 aliphatic heterocycles. The Labute approximate surface area is 558 Å². The van der Waals surface area contributed by atoms with Crippen LogP contribution in [0.15, 0.2) is 264 Å². The molecule has 0 aromatic heterocycles. The number of unbranched alkanes of at least 4 members (excludes halogenated alkanes) is 2. The zero-order valence-electron chi connectivity index (χ0n) is 55.7. The number of hydrogen-bond donors (Lipinski definition) is 0. The minimum absolute atomic E-state index is 0.102. The standard InChI is InChI=1S/C86H90Cl2N4/c1-11-89-71-51-47-63-35-23-27-39-67(63)79(71)83(3,4)75(89)43-21-15-13-19-33-61(59-87)45-55-77-85(7,8)81-69-41-29-25-37-65(69)49-53-73(81)91(77)57-31-17-18-32-58-92-74-54-50-66-38-26-30-42-70(66)82(74)86(9,10)78(92)56-46-62(60-88)34-20-14-16-22-44-76-84(5,6)80-68-40-28-24-36-64(68)48-52-72(80)90(76)12-2/h15-18,21-32,35-56,59-60H,11-14,19-20,33-34,57-58H2,1-10H3/q+2/b21-15?,22-16?,31-17?,32-18?,55-45?,56-46?,61-59-,62-60-,75-43?,76-44?. The molecule has 4 nitrogen and oxygen atoms in total. The van der Waals surface area contributed by atoms with E-state index in [9.17, 15) is 0 Å². The maximum absolute atomic E-state index is 6.67. The van der Waals surface area contributed by atoms with E-state index in [0.29, 0.717) is 0 Å². The monoisotopic (exact) mass is 1250 g/mol. The molecule has 0 saturated heterocycles. The van der Waals surface area contributed by atoms with Crippen LogP contribution in [0.4, 0.5) is 22.7 Å². The van der Waals surface area contributed by atoms with Gasteiger partial charge in [-0.1, -0.05) is 209 Å². The quantitative estimate of drug-likeness (QED) is 0.0404. The van der Waals surface area contributed by atoms with Crippen LogP contribution < -0.4 is 9.80 Å². The molecule has 92 heavy (non-hydrogen) atoms. The van der Waals surface area contributed by atoms with Crippen LogP contribution in [0, 0.1) is 0 Å². The lowest BCUT2D eigenvalue weighted by Gasteiger charge is -2.26. The lowest BCUT2D eigenvalue weighted by atomic mass is 9.79. The van der Waals surface area contributed by atoms with E-state index in [4.69, 9.17) is 23.2 Å². The third kappa shape index (κ3) is 11.8. The summed E-state index contributed by atoms with van der Waals surface area (Å²) in [7, 11) is 0. The maximum Gasteiger partial charge on any atom is 0.210 e. The smallest absolute Gasteiger partial charge is 0.210 e. The average molecular weight is 1250 g/mol. The van der Waals surface area contributed by atoms with Crippen molar-refractivity contribution in [2.75, 3.05) is 36.0 Å². The predicted molar refractivity (Wildman–Crippen MR) is 400 cm³/mol. The van der Waals surface area contributed by atoms with Crippen LogP contribution in [0.2, 0.25) is 0 Å². The number of fused-ring (bicyclic) bond motifs is 12. The van der Waals surface area contributed by atoms with Gasteiger partial charge in [0, 0.05) is 93.2 Å². The molecule has 4 heterocycles. The molecule has 0 N–H and O–H groups in total. The van der Waals surface area contributed by atoms with Crippen LogP contribution in [-0.4, -0.2) is 46.8 Å². The Hall–Kier alpha value is -8.28. The van der Waals surface area contributed by atoms with Crippen LogP contribution >= 0.6 is 23.2 Å². The maximum atomic E-state index is 6.67. The van der Waals surface area contributed by atoms with Gasteiger partial charge in [-0.2, -0.15) is 9.15 Å². The Morgan fingerprint density at radius 3 is 1.11 bits per heavy atom. The van der Waals surface area contributed by atoms with Crippen molar-refractivity contribution in [1.82, 2.24) is 0 Å². The number of hydrogen-bond acceptors (Lipinski definition) is 2. The highest BCUT2D eigenvalue weighted by molar-refractivity contribution is 6.26. The summed E-state index contributed by atoms with van der Waals surface area (Å²) < 4.78 is 5.01. The predicted octanol–water partition coefficient (Wildman–Crippen LogP) is 23.1. The van der Waals surface area contributed by atoms with Gasteiger partial charge in [-0.3, -0.25) is 0 Å². The zero-order valence-corrected chi connectivity index (χ0v) is 57.2. The molecule has 0 atom stereocenters. The third-order valence-electron chi connectivity index (χ3n) is 20.3. The minimum atomic E-state index is -0.252. The minimum Gasteiger partial charge on any atom is -0.344 e. The molecule has 4 aliphatic rings. The van der Waals surface area contributed by atoms with Crippen molar-refractivity contribution < 1.29 is 9.15 Å². The summed E-state index contributed by atoms with van der Waals surface area (Å²) in [6.45, 7) is 26.8. The van der Waals surface area contributed by atoms with E-state index in [1.807, 2.05) is 0 Å². The highest BCUT2D eigenvalue weighted by Gasteiger charge is 2.47. The molecule has 0 saturated carbocycles. The molecular formula is C86H90Cl2N4+2. The van der Waals surface area contributed by atoms with E-state index in [2.05, 4.69) is 319 Å². The SMILES string of the molecule is CCN1C(=CC=CCCC/C(C=CC2=[N+](CC=CC=CC[N+]3=C(C=C/C(=C\Cl)CCCC=CC=C4N(CC)c5ccc6ccccc6c5C4(C)C)C(C)(C)c4c3ccc3ccccc43)c3ccc4ccccc4c3C2(C)C)=C/Cl)C(C)(C)c2c1ccc1ccccc21. The van der Waals surface area contributed by atoms with Crippen molar-refractivity contribution >= 4 is 100 Å². The second-order valence-electron chi connectivity index (χ2n) is 27.3. The van der Waals surface area contributed by atoms with Gasteiger partial charge in [-0.25, -0.2) is 0 Å². The number of rotatable bonds is 21. The van der Waals surface area contributed by atoms with Gasteiger partial charge in [0.1, 0.15) is 0 Å². The number of benzene rings is 8. The van der Waals surface area contributed by atoms with Gasteiger partial charge in [0.2, 0.25) is 11.4 Å². The molecule has 8 aromatic carbocycles.